The van der Waals surface area contributed by atoms with Crippen LogP contribution in [0.25, 0.3) is 0 Å². The Hall–Kier alpha value is -4.25. The van der Waals surface area contributed by atoms with Gasteiger partial charge in [-0.05, 0) is 12.1 Å². The molecule has 0 fully saturated rings. The maximum Gasteiger partial charge on any atom is 0.460 e. The molecule has 1 aromatic rings. The summed E-state index contributed by atoms with van der Waals surface area (Å²) < 4.78 is 578. The van der Waals surface area contributed by atoms with Crippen molar-refractivity contribution in [1.82, 2.24) is 0 Å². The molecular formula is C27H4F42O2. The van der Waals surface area contributed by atoms with E-state index in [0.717, 1.165) is 0 Å². The molecule has 71 heavy (non-hydrogen) atoms. The minimum Gasteiger partial charge on any atom is -0.507 e. The fourth-order valence-electron chi connectivity index (χ4n) is 4.63. The first-order valence-electron chi connectivity index (χ1n) is 15.3. The molecular weight excluding hydrogens is 1150 g/mol. The third-order valence-corrected chi connectivity index (χ3v) is 8.99. The van der Waals surface area contributed by atoms with E-state index in [1.807, 2.05) is 0 Å². The third-order valence-electron chi connectivity index (χ3n) is 8.99. The van der Waals surface area contributed by atoms with Crippen molar-refractivity contribution >= 4 is 6.29 Å². The molecule has 0 aliphatic rings. The largest absolute Gasteiger partial charge is 0.507 e. The Morgan fingerprint density at radius 2 is 0.451 bits per heavy atom. The molecule has 0 aliphatic carbocycles. The Morgan fingerprint density at radius 1 is 0.268 bits per heavy atom. The highest BCUT2D eigenvalue weighted by Gasteiger charge is 3.00. The van der Waals surface area contributed by atoms with Crippen LogP contribution in [0.15, 0.2) is 12.1 Å². The molecule has 0 heterocycles. The van der Waals surface area contributed by atoms with Gasteiger partial charge in [0.1, 0.15) is 5.75 Å². The van der Waals surface area contributed by atoms with E-state index < -0.39 is 160 Å². The van der Waals surface area contributed by atoms with Crippen LogP contribution < -0.4 is 0 Å². The average Bonchev–Trinajstić information content (AvgIpc) is 3.15. The number of benzene rings is 1. The van der Waals surface area contributed by atoms with Gasteiger partial charge in [-0.1, -0.05) is 0 Å². The molecule has 1 N–H and O–H groups in total. The van der Waals surface area contributed by atoms with Gasteiger partial charge in [-0.2, -0.15) is 184 Å². The summed E-state index contributed by atoms with van der Waals surface area (Å²) in [5.74, 6) is -176. The molecule has 0 aliphatic heterocycles. The monoisotopic (exact) mass is 1160 g/mol. The highest BCUT2D eigenvalue weighted by Crippen LogP contribution is 2.70. The lowest BCUT2D eigenvalue weighted by atomic mass is 9.83. The van der Waals surface area contributed by atoms with Crippen molar-refractivity contribution in [3.05, 3.63) is 28.8 Å². The lowest BCUT2D eigenvalue weighted by Crippen LogP contribution is -2.76. The predicted octanol–water partition coefficient (Wildman–Crippen LogP) is 14.7. The summed E-state index contributed by atoms with van der Waals surface area (Å²) in [6.07, 6.45) is -18.8. The van der Waals surface area contributed by atoms with Gasteiger partial charge in [0.05, 0.1) is 11.1 Å². The molecule has 0 saturated carbocycles. The van der Waals surface area contributed by atoms with Gasteiger partial charge in [0.15, 0.2) is 6.29 Å². The standard InChI is InChI=1S/C27H4F42O2/c28-8(29,10(32,33)12(36,37)14(40,41)16(44,45)18(48,49)20(52,53)22(56,57)24(60,61)26(64,65)66)5-1-4(3-70)7(71)6(2-5)9(30,31)11(34,35)13(38,39)15(42,43)17(46,47)19(50,51)21(54,55)23(58,59)25(62,63)27(67,68)69/h1-3,71H. The number of hydrogen-bond acceptors (Lipinski definition) is 2. The summed E-state index contributed by atoms with van der Waals surface area (Å²) in [4.78, 5) is 11.1. The maximum atomic E-state index is 15.0. The van der Waals surface area contributed by atoms with Gasteiger partial charge in [-0.15, -0.1) is 0 Å². The Morgan fingerprint density at radius 3 is 0.648 bits per heavy atom. The Balaban J connectivity index is 4.34. The number of halogens is 42. The molecule has 0 amide bonds. The molecule has 0 radical (unpaired) electrons. The Bertz CT molecular complexity index is 2150. The normalized spacial score (nSPS) is 16.7. The van der Waals surface area contributed by atoms with Crippen molar-refractivity contribution < 1.29 is 194 Å². The van der Waals surface area contributed by atoms with Crippen LogP contribution in [-0.4, -0.2) is 119 Å². The third kappa shape index (κ3) is 7.58. The zero-order valence-corrected chi connectivity index (χ0v) is 30.5. The molecule has 2 nitrogen and oxygen atoms in total. The Kier molecular flexibility index (Phi) is 14.7. The molecule has 1 rings (SSSR count). The minimum absolute atomic E-state index is 1.97. The number of phenols is 1. The number of hydrogen-bond donors (Lipinski definition) is 1. The smallest absolute Gasteiger partial charge is 0.460 e. The summed E-state index contributed by atoms with van der Waals surface area (Å²) >= 11 is 0. The van der Waals surface area contributed by atoms with E-state index in [1.165, 1.54) is 0 Å². The molecule has 0 aromatic heterocycles. The second-order valence-corrected chi connectivity index (χ2v) is 13.4. The number of alkyl halides is 42. The number of aldehydes is 1. The van der Waals surface area contributed by atoms with Crippen LogP contribution >= 0.6 is 0 Å². The minimum atomic E-state index is -10.0. The summed E-state index contributed by atoms with van der Waals surface area (Å²) in [5.41, 5.74) is -12.8. The second kappa shape index (κ2) is 16.1. The number of rotatable bonds is 19. The Labute approximate surface area is 355 Å². The van der Waals surface area contributed by atoms with E-state index in [1.54, 1.807) is 0 Å². The van der Waals surface area contributed by atoms with Gasteiger partial charge in [0.25, 0.3) is 0 Å². The second-order valence-electron chi connectivity index (χ2n) is 13.4. The average molecular weight is 1160 g/mol. The van der Waals surface area contributed by atoms with Crippen molar-refractivity contribution in [2.24, 2.45) is 0 Å². The fourth-order valence-corrected chi connectivity index (χ4v) is 4.63. The summed E-state index contributed by atoms with van der Waals surface area (Å²) in [6.45, 7) is 0. The molecule has 44 heteroatoms. The van der Waals surface area contributed by atoms with Crippen LogP contribution in [0.4, 0.5) is 184 Å². The van der Waals surface area contributed by atoms with Crippen molar-refractivity contribution in [2.45, 2.75) is 119 Å². The first kappa shape index (κ1) is 64.8. The van der Waals surface area contributed by atoms with E-state index in [0.29, 0.717) is 0 Å². The first-order chi connectivity index (χ1) is 30.1. The van der Waals surface area contributed by atoms with Crippen LogP contribution in [0.1, 0.15) is 21.5 Å². The highest BCUT2D eigenvalue weighted by atomic mass is 19.5. The highest BCUT2D eigenvalue weighted by molar-refractivity contribution is 5.81. The van der Waals surface area contributed by atoms with Crippen molar-refractivity contribution in [2.75, 3.05) is 0 Å². The van der Waals surface area contributed by atoms with Crippen molar-refractivity contribution in [3.63, 3.8) is 0 Å². The first-order valence-corrected chi connectivity index (χ1v) is 15.3. The van der Waals surface area contributed by atoms with Crippen LogP contribution in [0, 0.1) is 0 Å². The zero-order valence-electron chi connectivity index (χ0n) is 30.5. The van der Waals surface area contributed by atoms with Gasteiger partial charge < -0.3 is 5.11 Å². The van der Waals surface area contributed by atoms with Gasteiger partial charge in [-0.25, -0.2) is 0 Å². The quantitative estimate of drug-likeness (QED) is 0.111. The number of carbonyl (C=O) groups is 1. The number of phenolic OH excluding ortho intramolecular Hbond substituents is 1. The predicted molar refractivity (Wildman–Crippen MR) is 133 cm³/mol. The summed E-state index contributed by atoms with van der Waals surface area (Å²) in [5, 5.41) is 9.48. The van der Waals surface area contributed by atoms with Gasteiger partial charge in [-0.3, -0.25) is 4.79 Å². The van der Waals surface area contributed by atoms with Crippen LogP contribution in [-0.2, 0) is 11.8 Å². The van der Waals surface area contributed by atoms with Crippen LogP contribution in [0.3, 0.4) is 0 Å². The van der Waals surface area contributed by atoms with Crippen LogP contribution in [0.2, 0.25) is 0 Å². The summed E-state index contributed by atoms with van der Waals surface area (Å²) in [6, 6.07) is -4.77. The lowest BCUT2D eigenvalue weighted by Gasteiger charge is -2.45. The molecule has 0 atom stereocenters. The van der Waals surface area contributed by atoms with E-state index in [-0.39, 0.29) is 0 Å². The van der Waals surface area contributed by atoms with Crippen LogP contribution in [0.5, 0.6) is 5.75 Å². The van der Waals surface area contributed by atoms with Crippen molar-refractivity contribution in [1.29, 1.82) is 0 Å². The molecule has 0 bridgehead atoms. The van der Waals surface area contributed by atoms with E-state index in [9.17, 15) is 194 Å². The molecule has 1 aromatic carbocycles. The molecule has 0 saturated heterocycles. The molecule has 0 spiro atoms. The van der Waals surface area contributed by atoms with E-state index >= 15 is 0 Å². The molecule has 0 unspecified atom stereocenters. The van der Waals surface area contributed by atoms with E-state index in [2.05, 4.69) is 0 Å². The van der Waals surface area contributed by atoms with Gasteiger partial charge in [0.2, 0.25) is 0 Å². The van der Waals surface area contributed by atoms with Gasteiger partial charge in [0, 0.05) is 5.56 Å². The topological polar surface area (TPSA) is 37.3 Å². The number of aromatic hydroxyl groups is 1. The number of carbonyl (C=O) groups excluding carboxylic acids is 1. The zero-order chi connectivity index (χ0) is 58.4. The van der Waals surface area contributed by atoms with Crippen molar-refractivity contribution in [3.8, 4) is 5.75 Å². The maximum absolute atomic E-state index is 15.0. The molecule has 418 valence electrons. The van der Waals surface area contributed by atoms with E-state index in [4.69, 9.17) is 0 Å². The lowest BCUT2D eigenvalue weighted by molar-refractivity contribution is -0.475. The SMILES string of the molecule is O=Cc1cc(C(F)(F)C(F)(F)C(F)(F)C(F)(F)C(F)(F)C(F)(F)C(F)(F)C(F)(F)C(F)(F)C(F)(F)F)cc(C(F)(F)C(F)(F)C(F)(F)C(F)(F)C(F)(F)C(F)(F)C(F)(F)C(F)(F)C(F)(F)C(F)(F)F)c1O. The summed E-state index contributed by atoms with van der Waals surface area (Å²) in [7, 11) is 0. The fraction of sp³-hybridized carbons (Fsp3) is 0.741. The van der Waals surface area contributed by atoms with Gasteiger partial charge >= 0.3 is 119 Å².